The molecule has 1 aliphatic heterocycles. The zero-order valence-corrected chi connectivity index (χ0v) is 17.4. The molecule has 4 N–H and O–H groups in total. The van der Waals surface area contributed by atoms with Crippen LogP contribution in [0.25, 0.3) is 0 Å². The molecule has 1 heterocycles. The average molecular weight is 432 g/mol. The van der Waals surface area contributed by atoms with Crippen LogP contribution in [-0.4, -0.2) is 49.6 Å². The topological polar surface area (TPSA) is 114 Å². The van der Waals surface area contributed by atoms with E-state index in [2.05, 4.69) is 10.6 Å². The third-order valence-corrected chi connectivity index (χ3v) is 6.71. The van der Waals surface area contributed by atoms with E-state index >= 15 is 0 Å². The number of halogens is 1. The van der Waals surface area contributed by atoms with Crippen molar-refractivity contribution in [1.29, 1.82) is 0 Å². The van der Waals surface area contributed by atoms with Gasteiger partial charge in [-0.3, -0.25) is 19.7 Å². The Morgan fingerprint density at radius 1 is 1.16 bits per heavy atom. The summed E-state index contributed by atoms with van der Waals surface area (Å²) >= 11 is 0. The fraction of sp³-hybridized carbons (Fsp3) is 0.591. The molecule has 0 aromatic heterocycles. The van der Waals surface area contributed by atoms with E-state index in [1.54, 1.807) is 0 Å². The first-order valence-electron chi connectivity index (χ1n) is 11.0. The molecule has 0 radical (unpaired) electrons. The van der Waals surface area contributed by atoms with Gasteiger partial charge in [0.05, 0.1) is 12.3 Å². The highest BCUT2D eigenvalue weighted by molar-refractivity contribution is 6.09. The van der Waals surface area contributed by atoms with Crippen molar-refractivity contribution in [2.75, 3.05) is 30.0 Å². The maximum absolute atomic E-state index is 14.7. The van der Waals surface area contributed by atoms with Crippen LogP contribution in [0.3, 0.4) is 0 Å². The van der Waals surface area contributed by atoms with Crippen molar-refractivity contribution < 1.29 is 23.5 Å². The van der Waals surface area contributed by atoms with Crippen molar-refractivity contribution in [2.45, 2.75) is 50.6 Å². The van der Waals surface area contributed by atoms with E-state index in [0.29, 0.717) is 18.4 Å². The van der Waals surface area contributed by atoms with E-state index in [4.69, 9.17) is 10.5 Å². The van der Waals surface area contributed by atoms with Crippen LogP contribution in [0.1, 0.15) is 38.5 Å². The van der Waals surface area contributed by atoms with Crippen LogP contribution in [0.5, 0.6) is 0 Å². The Hall–Kier alpha value is -2.52. The Balaban J connectivity index is 1.44. The van der Waals surface area contributed by atoms with Gasteiger partial charge in [0, 0.05) is 18.3 Å². The molecule has 3 aliphatic rings. The summed E-state index contributed by atoms with van der Waals surface area (Å²) in [5, 5.41) is 5.80. The summed E-state index contributed by atoms with van der Waals surface area (Å²) in [5.41, 5.74) is 5.86. The summed E-state index contributed by atoms with van der Waals surface area (Å²) < 4.78 is 19.7. The number of anilines is 2. The lowest BCUT2D eigenvalue weighted by molar-refractivity contribution is -0.129. The molecule has 0 unspecified atom stereocenters. The van der Waals surface area contributed by atoms with Crippen LogP contribution < -0.4 is 21.3 Å². The lowest BCUT2D eigenvalue weighted by atomic mass is 9.68. The summed E-state index contributed by atoms with van der Waals surface area (Å²) in [6.45, 7) is 0.505. The highest BCUT2D eigenvalue weighted by Crippen LogP contribution is 2.40. The third kappa shape index (κ3) is 4.72. The van der Waals surface area contributed by atoms with Crippen LogP contribution in [0, 0.1) is 17.7 Å². The predicted octanol–water partition coefficient (Wildman–Crippen LogP) is 1.54. The molecule has 8 nitrogen and oxygen atoms in total. The third-order valence-electron chi connectivity index (χ3n) is 6.71. The average Bonchev–Trinajstić information content (AvgIpc) is 2.63. The van der Waals surface area contributed by atoms with Gasteiger partial charge in [-0.05, 0) is 55.7 Å². The minimum Gasteiger partial charge on any atom is -0.370 e. The second-order valence-electron chi connectivity index (χ2n) is 8.66. The molecule has 4 rings (SSSR count). The molecule has 0 spiro atoms. The zero-order valence-electron chi connectivity index (χ0n) is 17.4. The van der Waals surface area contributed by atoms with E-state index in [0.717, 1.165) is 31.7 Å². The summed E-state index contributed by atoms with van der Waals surface area (Å²) in [6, 6.07) is 2.99. The zero-order chi connectivity index (χ0) is 22.0. The standard InChI is InChI=1S/C22H29FN4O4/c23-16-11-15(7-8-17(16)27-9-10-31-12-18(27)28)25-22(30)20(21(24)29)26-19(13-3-1-4-13)14-5-2-6-14/h7-8,11,13-14,19-20,26H,1-6,9-10,12H2,(H2,24,29)(H,25,30)/t20-/m0/s1. The molecule has 9 heteroatoms. The molecule has 1 aromatic rings. The number of hydrogen-bond acceptors (Lipinski definition) is 5. The Labute approximate surface area is 180 Å². The summed E-state index contributed by atoms with van der Waals surface area (Å²) in [7, 11) is 0. The van der Waals surface area contributed by atoms with Crippen molar-refractivity contribution in [2.24, 2.45) is 17.6 Å². The fourth-order valence-corrected chi connectivity index (χ4v) is 4.53. The molecule has 1 atom stereocenters. The van der Waals surface area contributed by atoms with Gasteiger partial charge >= 0.3 is 0 Å². The minimum atomic E-state index is -1.19. The number of primary amides is 1. The summed E-state index contributed by atoms with van der Waals surface area (Å²) in [4.78, 5) is 38.1. The number of nitrogens with two attached hydrogens (primary N) is 1. The normalized spacial score (nSPS) is 20.8. The number of benzene rings is 1. The van der Waals surface area contributed by atoms with E-state index in [1.807, 2.05) is 0 Å². The largest absolute Gasteiger partial charge is 0.370 e. The van der Waals surface area contributed by atoms with Crippen molar-refractivity contribution in [3.05, 3.63) is 24.0 Å². The Morgan fingerprint density at radius 2 is 1.84 bits per heavy atom. The molecule has 168 valence electrons. The molecule has 31 heavy (non-hydrogen) atoms. The number of rotatable bonds is 8. The quantitative estimate of drug-likeness (QED) is 0.539. The van der Waals surface area contributed by atoms with Crippen molar-refractivity contribution in [3.8, 4) is 0 Å². The molecule has 2 saturated carbocycles. The van der Waals surface area contributed by atoms with Gasteiger partial charge in [-0.2, -0.15) is 0 Å². The number of ether oxygens (including phenoxy) is 1. The monoisotopic (exact) mass is 432 g/mol. The Morgan fingerprint density at radius 3 is 2.35 bits per heavy atom. The minimum absolute atomic E-state index is 0.0902. The van der Waals surface area contributed by atoms with Gasteiger partial charge in [0.15, 0.2) is 6.04 Å². The number of carbonyl (C=O) groups excluding carboxylic acids is 3. The van der Waals surface area contributed by atoms with Gasteiger partial charge in [-0.25, -0.2) is 4.39 Å². The highest BCUT2D eigenvalue weighted by Gasteiger charge is 2.39. The van der Waals surface area contributed by atoms with Gasteiger partial charge in [0.2, 0.25) is 5.91 Å². The highest BCUT2D eigenvalue weighted by atomic mass is 19.1. The van der Waals surface area contributed by atoms with Crippen LogP contribution in [0.2, 0.25) is 0 Å². The number of hydrogen-bond donors (Lipinski definition) is 3. The van der Waals surface area contributed by atoms with Crippen molar-refractivity contribution >= 4 is 29.1 Å². The second-order valence-corrected chi connectivity index (χ2v) is 8.66. The van der Waals surface area contributed by atoms with Gasteiger partial charge in [0.1, 0.15) is 12.4 Å². The summed E-state index contributed by atoms with van der Waals surface area (Å²) in [6.07, 6.45) is 6.70. The number of carbonyl (C=O) groups is 3. The first-order chi connectivity index (χ1) is 14.9. The van der Waals surface area contributed by atoms with E-state index in [9.17, 15) is 18.8 Å². The molecule has 1 saturated heterocycles. The molecular weight excluding hydrogens is 403 g/mol. The molecule has 0 bridgehead atoms. The van der Waals surface area contributed by atoms with Gasteiger partial charge in [0.25, 0.3) is 11.8 Å². The molecule has 1 aromatic carbocycles. The molecule has 3 amide bonds. The number of nitrogens with one attached hydrogen (secondary N) is 2. The number of nitrogens with zero attached hydrogens (tertiary/aromatic N) is 1. The van der Waals surface area contributed by atoms with Crippen LogP contribution in [0.15, 0.2) is 18.2 Å². The second kappa shape index (κ2) is 9.32. The molecular formula is C22H29FN4O4. The van der Waals surface area contributed by atoms with Gasteiger partial charge in [-0.1, -0.05) is 12.8 Å². The van der Waals surface area contributed by atoms with E-state index in [1.165, 1.54) is 29.9 Å². The molecule has 3 fully saturated rings. The van der Waals surface area contributed by atoms with Crippen LogP contribution in [-0.2, 0) is 19.1 Å². The van der Waals surface area contributed by atoms with Gasteiger partial charge in [-0.15, -0.1) is 0 Å². The summed E-state index contributed by atoms with van der Waals surface area (Å²) in [5.74, 6) is -1.40. The lowest BCUT2D eigenvalue weighted by Crippen LogP contribution is -2.58. The predicted molar refractivity (Wildman–Crippen MR) is 113 cm³/mol. The maximum Gasteiger partial charge on any atom is 0.253 e. The lowest BCUT2D eigenvalue weighted by Gasteiger charge is -2.44. The van der Waals surface area contributed by atoms with Gasteiger partial charge < -0.3 is 20.7 Å². The SMILES string of the molecule is NC(=O)[C@H](NC(C1CCC1)C1CCC1)C(=O)Nc1ccc(N2CCOCC2=O)c(F)c1. The fourth-order valence-electron chi connectivity index (χ4n) is 4.53. The Bertz CT molecular complexity index is 842. The van der Waals surface area contributed by atoms with Crippen molar-refractivity contribution in [1.82, 2.24) is 5.32 Å². The van der Waals surface area contributed by atoms with E-state index < -0.39 is 23.7 Å². The number of morpholine rings is 1. The van der Waals surface area contributed by atoms with Crippen molar-refractivity contribution in [3.63, 3.8) is 0 Å². The first-order valence-corrected chi connectivity index (χ1v) is 11.0. The molecule has 2 aliphatic carbocycles. The smallest absolute Gasteiger partial charge is 0.253 e. The van der Waals surface area contributed by atoms with Crippen LogP contribution in [0.4, 0.5) is 15.8 Å². The number of amides is 3. The maximum atomic E-state index is 14.7. The Kier molecular flexibility index (Phi) is 6.52. The first kappa shape index (κ1) is 21.7. The van der Waals surface area contributed by atoms with Crippen LogP contribution >= 0.6 is 0 Å². The van der Waals surface area contributed by atoms with E-state index in [-0.39, 0.29) is 36.5 Å².